The van der Waals surface area contributed by atoms with Crippen molar-refractivity contribution in [3.8, 4) is 0 Å². The minimum absolute atomic E-state index is 0.720. The van der Waals surface area contributed by atoms with E-state index in [-0.39, 0.29) is 0 Å². The second-order valence-electron chi connectivity index (χ2n) is 7.23. The van der Waals surface area contributed by atoms with E-state index in [1.807, 2.05) is 12.1 Å². The van der Waals surface area contributed by atoms with Crippen molar-refractivity contribution < 1.29 is 4.42 Å². The second-order valence-corrected chi connectivity index (χ2v) is 7.23. The molecule has 0 aliphatic rings. The zero-order valence-corrected chi connectivity index (χ0v) is 17.5. The topological polar surface area (TPSA) is 52.8 Å². The summed E-state index contributed by atoms with van der Waals surface area (Å²) in [4.78, 5) is 6.61. The molecule has 0 atom stereocenters. The summed E-state index contributed by atoms with van der Waals surface area (Å²) in [6.45, 7) is 5.24. The van der Waals surface area contributed by atoms with Crippen LogP contribution >= 0.6 is 0 Å². The quantitative estimate of drug-likeness (QED) is 0.449. The van der Waals surface area contributed by atoms with Gasteiger partial charge in [0.2, 0.25) is 0 Å². The average molecular weight is 391 g/mol. The maximum atomic E-state index is 5.46. The molecule has 2 aromatic carbocycles. The van der Waals surface area contributed by atoms with Crippen LogP contribution in [0.2, 0.25) is 0 Å². The number of aryl methyl sites for hydroxylation is 1. The van der Waals surface area contributed by atoms with Gasteiger partial charge in [-0.15, -0.1) is 0 Å². The molecule has 3 aromatic rings. The minimum Gasteiger partial charge on any atom is -0.468 e. The molecule has 0 aliphatic heterocycles. The summed E-state index contributed by atoms with van der Waals surface area (Å²) < 4.78 is 5.46. The Hall–Kier alpha value is -3.05. The molecule has 1 aromatic heterocycles. The van der Waals surface area contributed by atoms with Crippen LogP contribution in [0.1, 0.15) is 28.0 Å². The summed E-state index contributed by atoms with van der Waals surface area (Å²) in [7, 11) is 3.91. The number of aliphatic imine (C=N–C) groups is 1. The van der Waals surface area contributed by atoms with E-state index in [0.29, 0.717) is 0 Å². The van der Waals surface area contributed by atoms with Crippen molar-refractivity contribution in [3.63, 3.8) is 0 Å². The molecule has 29 heavy (non-hydrogen) atoms. The van der Waals surface area contributed by atoms with Gasteiger partial charge in [-0.1, -0.05) is 48.5 Å². The van der Waals surface area contributed by atoms with Crippen LogP contribution in [-0.4, -0.2) is 25.0 Å². The third-order valence-corrected chi connectivity index (χ3v) is 4.94. The van der Waals surface area contributed by atoms with Crippen molar-refractivity contribution in [2.45, 2.75) is 33.1 Å². The SMILES string of the molecule is CN=C(NCc1ccccc1C)NCc1ccccc1CN(C)Cc1ccco1. The van der Waals surface area contributed by atoms with Crippen molar-refractivity contribution in [1.82, 2.24) is 15.5 Å². The Kier molecular flexibility index (Phi) is 7.47. The minimum atomic E-state index is 0.720. The summed E-state index contributed by atoms with van der Waals surface area (Å²) in [5.41, 5.74) is 5.11. The first kappa shape index (κ1) is 20.7. The molecule has 0 saturated heterocycles. The molecule has 0 spiro atoms. The van der Waals surface area contributed by atoms with Gasteiger partial charge in [-0.2, -0.15) is 0 Å². The third kappa shape index (κ3) is 6.22. The molecule has 2 N–H and O–H groups in total. The van der Waals surface area contributed by atoms with Gasteiger partial charge in [0.05, 0.1) is 12.8 Å². The van der Waals surface area contributed by atoms with Gasteiger partial charge in [0, 0.05) is 26.7 Å². The highest BCUT2D eigenvalue weighted by molar-refractivity contribution is 5.79. The van der Waals surface area contributed by atoms with Gasteiger partial charge >= 0.3 is 0 Å². The molecule has 0 fully saturated rings. The molecule has 0 bridgehead atoms. The van der Waals surface area contributed by atoms with Crippen molar-refractivity contribution >= 4 is 5.96 Å². The molecule has 5 nitrogen and oxygen atoms in total. The van der Waals surface area contributed by atoms with Gasteiger partial charge in [-0.05, 0) is 48.4 Å². The number of hydrogen-bond acceptors (Lipinski definition) is 3. The summed E-state index contributed by atoms with van der Waals surface area (Å²) in [5, 5.41) is 6.84. The van der Waals surface area contributed by atoms with E-state index in [1.165, 1.54) is 22.3 Å². The Balaban J connectivity index is 1.56. The lowest BCUT2D eigenvalue weighted by Crippen LogP contribution is -2.36. The molecule has 1 heterocycles. The Morgan fingerprint density at radius 3 is 2.17 bits per heavy atom. The molecule has 0 amide bonds. The highest BCUT2D eigenvalue weighted by atomic mass is 16.3. The summed E-state index contributed by atoms with van der Waals surface area (Å²) in [5.74, 6) is 1.77. The zero-order valence-electron chi connectivity index (χ0n) is 17.5. The fraction of sp³-hybridized carbons (Fsp3) is 0.292. The normalized spacial score (nSPS) is 11.7. The van der Waals surface area contributed by atoms with Crippen LogP contribution < -0.4 is 10.6 Å². The summed E-state index contributed by atoms with van der Waals surface area (Å²) in [6.07, 6.45) is 1.72. The average Bonchev–Trinajstić information content (AvgIpc) is 3.23. The fourth-order valence-corrected chi connectivity index (χ4v) is 3.29. The highest BCUT2D eigenvalue weighted by Gasteiger charge is 2.08. The number of hydrogen-bond donors (Lipinski definition) is 2. The fourth-order valence-electron chi connectivity index (χ4n) is 3.29. The largest absolute Gasteiger partial charge is 0.468 e. The highest BCUT2D eigenvalue weighted by Crippen LogP contribution is 2.13. The number of benzene rings is 2. The van der Waals surface area contributed by atoms with Crippen LogP contribution in [0.5, 0.6) is 0 Å². The lowest BCUT2D eigenvalue weighted by atomic mass is 10.1. The summed E-state index contributed by atoms with van der Waals surface area (Å²) in [6, 6.07) is 20.8. The number of guanidine groups is 1. The lowest BCUT2D eigenvalue weighted by Gasteiger charge is -2.19. The van der Waals surface area contributed by atoms with E-state index in [1.54, 1.807) is 13.3 Å². The first-order valence-electron chi connectivity index (χ1n) is 9.92. The zero-order chi connectivity index (χ0) is 20.5. The standard InChI is InChI=1S/C24H30N4O/c1-19-9-4-5-10-20(19)15-26-24(25-2)27-16-21-11-6-7-12-22(21)17-28(3)18-23-13-8-14-29-23/h4-14H,15-18H2,1-3H3,(H2,25,26,27). The molecule has 5 heteroatoms. The molecule has 0 saturated carbocycles. The number of rotatable bonds is 8. The predicted molar refractivity (Wildman–Crippen MR) is 119 cm³/mol. The van der Waals surface area contributed by atoms with Crippen LogP contribution in [0.3, 0.4) is 0 Å². The van der Waals surface area contributed by atoms with E-state index in [9.17, 15) is 0 Å². The summed E-state index contributed by atoms with van der Waals surface area (Å²) >= 11 is 0. The molecule has 3 rings (SSSR count). The molecule has 0 radical (unpaired) electrons. The Labute approximate surface area is 173 Å². The lowest BCUT2D eigenvalue weighted by molar-refractivity contribution is 0.287. The van der Waals surface area contributed by atoms with E-state index in [4.69, 9.17) is 4.42 Å². The van der Waals surface area contributed by atoms with Gasteiger partial charge in [0.1, 0.15) is 5.76 Å². The van der Waals surface area contributed by atoms with Gasteiger partial charge in [-0.25, -0.2) is 0 Å². The van der Waals surface area contributed by atoms with Crippen molar-refractivity contribution in [2.75, 3.05) is 14.1 Å². The van der Waals surface area contributed by atoms with Crippen molar-refractivity contribution in [3.05, 3.63) is 94.9 Å². The molecule has 0 aliphatic carbocycles. The monoisotopic (exact) mass is 390 g/mol. The van der Waals surface area contributed by atoms with Gasteiger partial charge in [-0.3, -0.25) is 9.89 Å². The maximum absolute atomic E-state index is 5.46. The van der Waals surface area contributed by atoms with Crippen LogP contribution in [0.25, 0.3) is 0 Å². The molecule has 0 unspecified atom stereocenters. The van der Waals surface area contributed by atoms with E-state index in [0.717, 1.165) is 37.9 Å². The maximum Gasteiger partial charge on any atom is 0.191 e. The van der Waals surface area contributed by atoms with Gasteiger partial charge < -0.3 is 15.1 Å². The van der Waals surface area contributed by atoms with Crippen LogP contribution in [-0.2, 0) is 26.2 Å². The second kappa shape index (κ2) is 10.5. The van der Waals surface area contributed by atoms with E-state index < -0.39 is 0 Å². The number of nitrogens with one attached hydrogen (secondary N) is 2. The first-order chi connectivity index (χ1) is 14.2. The van der Waals surface area contributed by atoms with Crippen molar-refractivity contribution in [1.29, 1.82) is 0 Å². The Morgan fingerprint density at radius 1 is 0.862 bits per heavy atom. The van der Waals surface area contributed by atoms with E-state index >= 15 is 0 Å². The Morgan fingerprint density at radius 2 is 1.52 bits per heavy atom. The molecule has 152 valence electrons. The van der Waals surface area contributed by atoms with Crippen LogP contribution in [0.15, 0.2) is 76.3 Å². The van der Waals surface area contributed by atoms with Gasteiger partial charge in [0.25, 0.3) is 0 Å². The number of nitrogens with zero attached hydrogens (tertiary/aromatic N) is 2. The van der Waals surface area contributed by atoms with E-state index in [2.05, 4.69) is 83.0 Å². The first-order valence-corrected chi connectivity index (χ1v) is 9.92. The Bertz CT molecular complexity index is 918. The number of furan rings is 1. The van der Waals surface area contributed by atoms with Gasteiger partial charge in [0.15, 0.2) is 5.96 Å². The van der Waals surface area contributed by atoms with Crippen LogP contribution in [0.4, 0.5) is 0 Å². The third-order valence-electron chi connectivity index (χ3n) is 4.94. The predicted octanol–water partition coefficient (Wildman–Crippen LogP) is 4.09. The van der Waals surface area contributed by atoms with Crippen LogP contribution in [0, 0.1) is 6.92 Å². The molecular weight excluding hydrogens is 360 g/mol. The molecular formula is C24H30N4O. The smallest absolute Gasteiger partial charge is 0.191 e. The van der Waals surface area contributed by atoms with Crippen molar-refractivity contribution in [2.24, 2.45) is 4.99 Å².